The van der Waals surface area contributed by atoms with Gasteiger partial charge in [-0.25, -0.2) is 0 Å². The van der Waals surface area contributed by atoms with Crippen LogP contribution in [0.1, 0.15) is 42.4 Å². The summed E-state index contributed by atoms with van der Waals surface area (Å²) in [6, 6.07) is 24.1. The van der Waals surface area contributed by atoms with Crippen LogP contribution in [0.2, 0.25) is 0 Å². The van der Waals surface area contributed by atoms with E-state index in [1.165, 1.54) is 0 Å². The number of hydrogen-bond acceptors (Lipinski definition) is 3. The van der Waals surface area contributed by atoms with Gasteiger partial charge < -0.3 is 20.1 Å². The number of hydrogen-bond donors (Lipinski definition) is 2. The molecule has 1 fully saturated rings. The van der Waals surface area contributed by atoms with Crippen molar-refractivity contribution in [2.75, 3.05) is 10.2 Å². The molecule has 3 heterocycles. The van der Waals surface area contributed by atoms with Gasteiger partial charge in [-0.05, 0) is 91.4 Å². The SMILES string of the molecule is CCC(=O)Nc1ccc(N2C(=S)N[C@@H](c3ccccn3)[C@@H]2c2cccn2-c2ccc(Br)cc2)cc1C. The van der Waals surface area contributed by atoms with Crippen molar-refractivity contribution < 1.29 is 4.79 Å². The minimum Gasteiger partial charge on any atom is -0.351 e. The summed E-state index contributed by atoms with van der Waals surface area (Å²) in [4.78, 5) is 18.8. The molecule has 0 bridgehead atoms. The second kappa shape index (κ2) is 10.2. The van der Waals surface area contributed by atoms with Crippen LogP contribution in [0.25, 0.3) is 5.69 Å². The zero-order valence-corrected chi connectivity index (χ0v) is 22.4. The Kier molecular flexibility index (Phi) is 6.89. The van der Waals surface area contributed by atoms with Crippen molar-refractivity contribution in [3.63, 3.8) is 0 Å². The molecule has 36 heavy (non-hydrogen) atoms. The normalized spacial score (nSPS) is 17.2. The molecule has 8 heteroatoms. The van der Waals surface area contributed by atoms with Gasteiger partial charge in [0.15, 0.2) is 5.11 Å². The number of aryl methyl sites for hydroxylation is 1. The van der Waals surface area contributed by atoms with E-state index < -0.39 is 0 Å². The van der Waals surface area contributed by atoms with Crippen LogP contribution in [-0.4, -0.2) is 20.6 Å². The highest BCUT2D eigenvalue weighted by Crippen LogP contribution is 2.43. The van der Waals surface area contributed by atoms with Crippen LogP contribution in [0.5, 0.6) is 0 Å². The molecule has 1 saturated heterocycles. The zero-order valence-electron chi connectivity index (χ0n) is 20.0. The van der Waals surface area contributed by atoms with Gasteiger partial charge in [-0.1, -0.05) is 28.9 Å². The van der Waals surface area contributed by atoms with E-state index in [0.29, 0.717) is 11.5 Å². The number of rotatable bonds is 6. The molecule has 0 radical (unpaired) electrons. The number of amides is 1. The third-order valence-corrected chi connectivity index (χ3v) is 7.21. The average molecular weight is 561 g/mol. The summed E-state index contributed by atoms with van der Waals surface area (Å²) in [5.41, 5.74) is 5.79. The molecule has 0 spiro atoms. The Hall–Kier alpha value is -3.49. The molecule has 2 N–H and O–H groups in total. The Labute approximate surface area is 224 Å². The maximum atomic E-state index is 12.0. The number of aromatic nitrogens is 2. The van der Waals surface area contributed by atoms with E-state index in [4.69, 9.17) is 12.2 Å². The van der Waals surface area contributed by atoms with Crippen molar-refractivity contribution in [2.45, 2.75) is 32.4 Å². The van der Waals surface area contributed by atoms with Gasteiger partial charge in [-0.3, -0.25) is 9.78 Å². The first-order chi connectivity index (χ1) is 17.5. The van der Waals surface area contributed by atoms with Gasteiger partial charge >= 0.3 is 0 Å². The van der Waals surface area contributed by atoms with Crippen molar-refractivity contribution in [1.29, 1.82) is 0 Å². The maximum absolute atomic E-state index is 12.0. The second-order valence-corrected chi connectivity index (χ2v) is 9.98. The van der Waals surface area contributed by atoms with E-state index in [2.05, 4.69) is 77.5 Å². The predicted molar refractivity (Wildman–Crippen MR) is 152 cm³/mol. The fourth-order valence-corrected chi connectivity index (χ4v) is 5.19. The molecule has 182 valence electrons. The standard InChI is InChI=1S/C28H26BrN5OS/c1-3-25(35)31-22-14-13-21(17-18(22)2)34-27(26(32-28(34)36)23-7-4-5-15-30-23)24-8-6-16-33(24)20-11-9-19(29)10-12-20/h4-17,26-27H,3H2,1-2H3,(H,31,35)(H,32,36)/t26-,27-/m0/s1. The monoisotopic (exact) mass is 559 g/mol. The van der Waals surface area contributed by atoms with E-state index in [-0.39, 0.29) is 18.0 Å². The largest absolute Gasteiger partial charge is 0.351 e. The molecular formula is C28H26BrN5OS. The lowest BCUT2D eigenvalue weighted by Gasteiger charge is -2.29. The summed E-state index contributed by atoms with van der Waals surface area (Å²) in [7, 11) is 0. The Morgan fingerprint density at radius 3 is 2.56 bits per heavy atom. The first-order valence-corrected chi connectivity index (χ1v) is 13.0. The maximum Gasteiger partial charge on any atom is 0.224 e. The van der Waals surface area contributed by atoms with Gasteiger partial charge in [0.05, 0.1) is 11.7 Å². The van der Waals surface area contributed by atoms with Crippen molar-refractivity contribution >= 4 is 50.5 Å². The lowest BCUT2D eigenvalue weighted by atomic mass is 10.00. The quantitative estimate of drug-likeness (QED) is 0.265. The van der Waals surface area contributed by atoms with Crippen LogP contribution in [0.4, 0.5) is 11.4 Å². The van der Waals surface area contributed by atoms with E-state index >= 15 is 0 Å². The van der Waals surface area contributed by atoms with Gasteiger partial charge in [0.2, 0.25) is 5.91 Å². The van der Waals surface area contributed by atoms with Crippen LogP contribution >= 0.6 is 28.1 Å². The lowest BCUT2D eigenvalue weighted by Crippen LogP contribution is -2.30. The van der Waals surface area contributed by atoms with E-state index in [1.54, 1.807) is 0 Å². The number of nitrogens with zero attached hydrogens (tertiary/aromatic N) is 3. The summed E-state index contributed by atoms with van der Waals surface area (Å²) in [5.74, 6) is -0.00960. The fraction of sp³-hybridized carbons (Fsp3) is 0.179. The first kappa shape index (κ1) is 24.2. The van der Waals surface area contributed by atoms with Gasteiger partial charge in [0, 0.05) is 46.0 Å². The number of thiocarbonyl (C=S) groups is 1. The predicted octanol–water partition coefficient (Wildman–Crippen LogP) is 6.47. The number of nitrogens with one attached hydrogen (secondary N) is 2. The number of benzene rings is 2. The number of pyridine rings is 1. The van der Waals surface area contributed by atoms with E-state index in [9.17, 15) is 4.79 Å². The molecule has 0 saturated carbocycles. The molecule has 0 unspecified atom stereocenters. The Bertz CT molecular complexity index is 1400. The highest BCUT2D eigenvalue weighted by Gasteiger charge is 2.42. The number of anilines is 2. The highest BCUT2D eigenvalue weighted by molar-refractivity contribution is 9.10. The molecule has 1 aliphatic rings. The molecule has 4 aromatic rings. The van der Waals surface area contributed by atoms with Crippen molar-refractivity contribution in [2.24, 2.45) is 0 Å². The Morgan fingerprint density at radius 1 is 1.08 bits per heavy atom. The molecule has 2 atom stereocenters. The number of carbonyl (C=O) groups is 1. The average Bonchev–Trinajstić information content (AvgIpc) is 3.50. The molecule has 5 rings (SSSR count). The topological polar surface area (TPSA) is 62.2 Å². The van der Waals surface area contributed by atoms with Gasteiger partial charge in [-0.2, -0.15) is 0 Å². The third-order valence-electron chi connectivity index (χ3n) is 6.37. The fourth-order valence-electron chi connectivity index (χ4n) is 4.58. The van der Waals surface area contributed by atoms with Gasteiger partial charge in [0.1, 0.15) is 6.04 Å². The smallest absolute Gasteiger partial charge is 0.224 e. The van der Waals surface area contributed by atoms with Crippen LogP contribution in [-0.2, 0) is 4.79 Å². The minimum atomic E-state index is -0.151. The van der Waals surface area contributed by atoms with Crippen LogP contribution < -0.4 is 15.5 Å². The van der Waals surface area contributed by atoms with Crippen LogP contribution in [0.15, 0.2) is 89.7 Å². The van der Waals surface area contributed by atoms with Crippen molar-refractivity contribution in [1.82, 2.24) is 14.9 Å². The number of carbonyl (C=O) groups excluding carboxylic acids is 1. The molecule has 2 aromatic carbocycles. The summed E-state index contributed by atoms with van der Waals surface area (Å²) < 4.78 is 3.22. The van der Waals surface area contributed by atoms with Crippen LogP contribution in [0.3, 0.4) is 0 Å². The molecule has 2 aromatic heterocycles. The third kappa shape index (κ3) is 4.66. The molecular weight excluding hydrogens is 534 g/mol. The summed E-state index contributed by atoms with van der Waals surface area (Å²) in [6.45, 7) is 3.84. The van der Waals surface area contributed by atoms with Crippen molar-refractivity contribution in [3.05, 3.63) is 107 Å². The minimum absolute atomic E-state index is 0.00960. The van der Waals surface area contributed by atoms with Crippen molar-refractivity contribution in [3.8, 4) is 5.69 Å². The van der Waals surface area contributed by atoms with E-state index in [1.807, 2.05) is 62.5 Å². The van der Waals surface area contributed by atoms with E-state index in [0.717, 1.165) is 38.5 Å². The molecule has 6 nitrogen and oxygen atoms in total. The molecule has 0 aliphatic carbocycles. The Morgan fingerprint density at radius 2 is 1.86 bits per heavy atom. The van der Waals surface area contributed by atoms with Gasteiger partial charge in [-0.15, -0.1) is 0 Å². The summed E-state index contributed by atoms with van der Waals surface area (Å²) in [6.07, 6.45) is 4.31. The summed E-state index contributed by atoms with van der Waals surface area (Å²) >= 11 is 9.43. The summed E-state index contributed by atoms with van der Waals surface area (Å²) in [5, 5.41) is 7.13. The van der Waals surface area contributed by atoms with Crippen LogP contribution in [0, 0.1) is 6.92 Å². The highest BCUT2D eigenvalue weighted by atomic mass is 79.9. The second-order valence-electron chi connectivity index (χ2n) is 8.68. The number of halogens is 1. The lowest BCUT2D eigenvalue weighted by molar-refractivity contribution is -0.115. The van der Waals surface area contributed by atoms with Gasteiger partial charge in [0.25, 0.3) is 0 Å². The first-order valence-electron chi connectivity index (χ1n) is 11.8. The zero-order chi connectivity index (χ0) is 25.2. The Balaban J connectivity index is 1.61. The molecule has 1 aliphatic heterocycles. The molecule has 1 amide bonds.